The van der Waals surface area contributed by atoms with Gasteiger partial charge < -0.3 is 4.74 Å². The molecule has 3 nitrogen and oxygen atoms in total. The largest absolute Gasteiger partial charge is 0.453 e. The third-order valence-corrected chi connectivity index (χ3v) is 1.44. The molecule has 0 atom stereocenters. The molecule has 1 aromatic carbocycles. The minimum Gasteiger partial charge on any atom is -0.453 e. The Morgan fingerprint density at radius 2 is 2.17 bits per heavy atom. The van der Waals surface area contributed by atoms with Crippen LogP contribution in [-0.4, -0.2) is 13.2 Å². The van der Waals surface area contributed by atoms with Crippen LogP contribution < -0.4 is 5.32 Å². The Kier molecular flexibility index (Phi) is 2.69. The predicted molar refractivity (Wildman–Crippen MR) is 46.9 cm³/mol. The normalized spacial score (nSPS) is 9.17. The molecule has 0 saturated heterocycles. The number of benzene rings is 1. The smallest absolute Gasteiger partial charge is 0.411 e. The lowest BCUT2D eigenvalue weighted by Gasteiger charge is -2.05. The number of para-hydroxylation sites is 1. The number of rotatable bonds is 1. The lowest BCUT2D eigenvalue weighted by Crippen LogP contribution is -2.11. The molecule has 0 heterocycles. The van der Waals surface area contributed by atoms with E-state index in [2.05, 4.69) is 17.0 Å². The third-order valence-electron chi connectivity index (χ3n) is 1.44. The predicted octanol–water partition coefficient (Wildman–Crippen LogP) is 2.05. The van der Waals surface area contributed by atoms with Crippen LogP contribution in [0.4, 0.5) is 10.5 Å². The van der Waals surface area contributed by atoms with E-state index in [4.69, 9.17) is 0 Å². The molecule has 63 valence electrons. The topological polar surface area (TPSA) is 38.3 Å². The first-order valence-corrected chi connectivity index (χ1v) is 3.50. The Morgan fingerprint density at radius 1 is 1.50 bits per heavy atom. The summed E-state index contributed by atoms with van der Waals surface area (Å²) < 4.78 is 4.43. The summed E-state index contributed by atoms with van der Waals surface area (Å²) >= 11 is 0. The fraction of sp³-hybridized carbons (Fsp3) is 0.111. The van der Waals surface area contributed by atoms with Crippen LogP contribution in [0.3, 0.4) is 0 Å². The SMILES string of the molecule is [CH2]c1ccccc1NC(=O)OC. The molecule has 3 heteroatoms. The van der Waals surface area contributed by atoms with E-state index >= 15 is 0 Å². The average Bonchev–Trinajstić information content (AvgIpc) is 2.09. The number of carbonyl (C=O) groups excluding carboxylic acids is 1. The molecule has 1 N–H and O–H groups in total. The number of methoxy groups -OCH3 is 1. The number of anilines is 1. The summed E-state index contributed by atoms with van der Waals surface area (Å²) in [6.45, 7) is 3.74. The van der Waals surface area contributed by atoms with Crippen LogP contribution in [0.25, 0.3) is 0 Å². The first kappa shape index (κ1) is 8.59. The standard InChI is InChI=1S/C9H10NO2/c1-7-5-3-4-6-8(7)10-9(11)12-2/h3-6H,1H2,2H3,(H,10,11). The van der Waals surface area contributed by atoms with Crippen molar-refractivity contribution in [2.75, 3.05) is 12.4 Å². The van der Waals surface area contributed by atoms with Gasteiger partial charge in [0.25, 0.3) is 0 Å². The van der Waals surface area contributed by atoms with Crippen LogP contribution in [0.2, 0.25) is 0 Å². The molecule has 1 radical (unpaired) electrons. The van der Waals surface area contributed by atoms with Crippen LogP contribution >= 0.6 is 0 Å². The Hall–Kier alpha value is -1.51. The summed E-state index contributed by atoms with van der Waals surface area (Å²) in [7, 11) is 1.32. The van der Waals surface area contributed by atoms with Crippen LogP contribution in [0.1, 0.15) is 5.56 Å². The highest BCUT2D eigenvalue weighted by Crippen LogP contribution is 2.12. The van der Waals surface area contributed by atoms with Gasteiger partial charge in [-0.05, 0) is 18.6 Å². The van der Waals surface area contributed by atoms with Crippen molar-refractivity contribution in [2.24, 2.45) is 0 Å². The van der Waals surface area contributed by atoms with Gasteiger partial charge in [0, 0.05) is 5.69 Å². The monoisotopic (exact) mass is 164 g/mol. The molecule has 0 aliphatic rings. The number of nitrogens with one attached hydrogen (secondary N) is 1. The second-order valence-electron chi connectivity index (χ2n) is 2.27. The quantitative estimate of drug-likeness (QED) is 0.689. The van der Waals surface area contributed by atoms with Gasteiger partial charge in [0.05, 0.1) is 7.11 Å². The second-order valence-corrected chi connectivity index (χ2v) is 2.27. The molecule has 0 bridgehead atoms. The van der Waals surface area contributed by atoms with Crippen LogP contribution in [0.15, 0.2) is 24.3 Å². The van der Waals surface area contributed by atoms with Gasteiger partial charge in [-0.15, -0.1) is 0 Å². The maximum absolute atomic E-state index is 10.8. The summed E-state index contributed by atoms with van der Waals surface area (Å²) in [4.78, 5) is 10.8. The van der Waals surface area contributed by atoms with E-state index in [1.807, 2.05) is 18.2 Å². The summed E-state index contributed by atoms with van der Waals surface area (Å²) in [6.07, 6.45) is -0.480. The van der Waals surface area contributed by atoms with Crippen molar-refractivity contribution < 1.29 is 9.53 Å². The molecule has 1 rings (SSSR count). The van der Waals surface area contributed by atoms with E-state index in [-0.39, 0.29) is 0 Å². The van der Waals surface area contributed by atoms with Crippen LogP contribution in [0.5, 0.6) is 0 Å². The van der Waals surface area contributed by atoms with Crippen LogP contribution in [0, 0.1) is 6.92 Å². The maximum Gasteiger partial charge on any atom is 0.411 e. The molecule has 0 saturated carbocycles. The van der Waals surface area contributed by atoms with Crippen molar-refractivity contribution in [3.8, 4) is 0 Å². The highest BCUT2D eigenvalue weighted by molar-refractivity contribution is 5.85. The number of hydrogen-bond donors (Lipinski definition) is 1. The Labute approximate surface area is 71.4 Å². The molecule has 1 aromatic rings. The van der Waals surface area contributed by atoms with E-state index in [1.54, 1.807) is 6.07 Å². The second kappa shape index (κ2) is 3.76. The molecule has 0 unspecified atom stereocenters. The molecule has 0 aromatic heterocycles. The molecule has 1 amide bonds. The number of amides is 1. The number of ether oxygens (including phenoxy) is 1. The van der Waals surface area contributed by atoms with Crippen LogP contribution in [-0.2, 0) is 4.74 Å². The lowest BCUT2D eigenvalue weighted by molar-refractivity contribution is 0.187. The fourth-order valence-corrected chi connectivity index (χ4v) is 0.803. The molecule has 0 spiro atoms. The molecular formula is C9H10NO2. The molecule has 0 aliphatic heterocycles. The van der Waals surface area contributed by atoms with Gasteiger partial charge in [-0.2, -0.15) is 0 Å². The average molecular weight is 164 g/mol. The van der Waals surface area contributed by atoms with Crippen molar-refractivity contribution >= 4 is 11.8 Å². The fourth-order valence-electron chi connectivity index (χ4n) is 0.803. The molecule has 0 fully saturated rings. The van der Waals surface area contributed by atoms with E-state index in [9.17, 15) is 4.79 Å². The number of carbonyl (C=O) groups is 1. The Morgan fingerprint density at radius 3 is 2.75 bits per heavy atom. The zero-order valence-corrected chi connectivity index (χ0v) is 6.83. The lowest BCUT2D eigenvalue weighted by atomic mass is 10.2. The molecule has 12 heavy (non-hydrogen) atoms. The van der Waals surface area contributed by atoms with E-state index in [0.29, 0.717) is 5.69 Å². The first-order valence-electron chi connectivity index (χ1n) is 3.50. The summed E-state index contributed by atoms with van der Waals surface area (Å²) in [5.41, 5.74) is 1.44. The van der Waals surface area contributed by atoms with Gasteiger partial charge in [0.15, 0.2) is 0 Å². The van der Waals surface area contributed by atoms with Crippen molar-refractivity contribution in [3.63, 3.8) is 0 Å². The zero-order chi connectivity index (χ0) is 8.97. The molecule has 0 aliphatic carbocycles. The zero-order valence-electron chi connectivity index (χ0n) is 6.83. The van der Waals surface area contributed by atoms with Crippen molar-refractivity contribution in [2.45, 2.75) is 0 Å². The first-order chi connectivity index (χ1) is 5.74. The van der Waals surface area contributed by atoms with Gasteiger partial charge in [-0.3, -0.25) is 5.32 Å². The van der Waals surface area contributed by atoms with Crippen molar-refractivity contribution in [1.29, 1.82) is 0 Å². The number of hydrogen-bond acceptors (Lipinski definition) is 2. The minimum absolute atomic E-state index is 0.480. The van der Waals surface area contributed by atoms with Gasteiger partial charge in [0.2, 0.25) is 0 Å². The Balaban J connectivity index is 2.75. The summed E-state index contributed by atoms with van der Waals surface area (Å²) in [5.74, 6) is 0. The summed E-state index contributed by atoms with van der Waals surface area (Å²) in [6, 6.07) is 7.25. The third kappa shape index (κ3) is 1.99. The van der Waals surface area contributed by atoms with E-state index < -0.39 is 6.09 Å². The highest BCUT2D eigenvalue weighted by Gasteiger charge is 2.01. The minimum atomic E-state index is -0.480. The van der Waals surface area contributed by atoms with Gasteiger partial charge in [0.1, 0.15) is 0 Å². The highest BCUT2D eigenvalue weighted by atomic mass is 16.5. The van der Waals surface area contributed by atoms with E-state index in [1.165, 1.54) is 7.11 Å². The van der Waals surface area contributed by atoms with Gasteiger partial charge >= 0.3 is 6.09 Å². The Bertz CT molecular complexity index is 284. The molecular weight excluding hydrogens is 154 g/mol. The van der Waals surface area contributed by atoms with Crippen molar-refractivity contribution in [1.82, 2.24) is 0 Å². The van der Waals surface area contributed by atoms with Gasteiger partial charge in [-0.1, -0.05) is 18.2 Å². The van der Waals surface area contributed by atoms with Gasteiger partial charge in [-0.25, -0.2) is 4.79 Å². The van der Waals surface area contributed by atoms with E-state index in [0.717, 1.165) is 5.56 Å². The summed E-state index contributed by atoms with van der Waals surface area (Å²) in [5, 5.41) is 2.54. The maximum atomic E-state index is 10.8. The van der Waals surface area contributed by atoms with Crippen molar-refractivity contribution in [3.05, 3.63) is 36.8 Å².